The molecule has 0 aliphatic heterocycles. The van der Waals surface area contributed by atoms with Crippen LogP contribution in [0.15, 0.2) is 24.3 Å². The van der Waals surface area contributed by atoms with Crippen LogP contribution in [0.25, 0.3) is 6.08 Å². The normalized spacial score (nSPS) is 11.8. The molecule has 0 saturated heterocycles. The van der Waals surface area contributed by atoms with Crippen LogP contribution in [0.2, 0.25) is 0 Å². The maximum absolute atomic E-state index is 13.3. The summed E-state index contributed by atoms with van der Waals surface area (Å²) in [7, 11) is 0. The second-order valence-corrected chi connectivity index (χ2v) is 3.04. The van der Waals surface area contributed by atoms with E-state index in [1.54, 1.807) is 0 Å². The smallest absolute Gasteiger partial charge is 0.406 e. The molecule has 0 aliphatic rings. The van der Waals surface area contributed by atoms with Gasteiger partial charge in [0.2, 0.25) is 0 Å². The lowest BCUT2D eigenvalue weighted by Crippen LogP contribution is -2.17. The predicted octanol–water partition coefficient (Wildman–Crippen LogP) is 3.33. The fourth-order valence-electron chi connectivity index (χ4n) is 1.09. The summed E-state index contributed by atoms with van der Waals surface area (Å²) in [4.78, 5) is 10.0. The zero-order valence-electron chi connectivity index (χ0n) is 8.50. The van der Waals surface area contributed by atoms with Crippen molar-refractivity contribution in [3.05, 3.63) is 35.7 Å². The highest BCUT2D eigenvalue weighted by Crippen LogP contribution is 2.24. The van der Waals surface area contributed by atoms with Gasteiger partial charge < -0.3 is 9.53 Å². The summed E-state index contributed by atoms with van der Waals surface area (Å²) >= 11 is 0. The molecule has 0 N–H and O–H groups in total. The second kappa shape index (κ2) is 5.47. The lowest BCUT2D eigenvalue weighted by Gasteiger charge is -2.09. The van der Waals surface area contributed by atoms with Crippen LogP contribution in [0, 0.1) is 5.82 Å². The fraction of sp³-hybridized carbons (Fsp3) is 0.182. The van der Waals surface area contributed by atoms with Gasteiger partial charge in [-0.1, -0.05) is 12.2 Å². The number of ether oxygens (including phenoxy) is 1. The third-order valence-corrected chi connectivity index (χ3v) is 1.74. The van der Waals surface area contributed by atoms with Crippen molar-refractivity contribution < 1.29 is 27.1 Å². The lowest BCUT2D eigenvalue weighted by molar-refractivity contribution is -0.274. The summed E-state index contributed by atoms with van der Waals surface area (Å²) in [5.74, 6) is -1.48. The van der Waals surface area contributed by atoms with E-state index >= 15 is 0 Å². The van der Waals surface area contributed by atoms with E-state index in [1.165, 1.54) is 12.2 Å². The molecule has 0 bridgehead atoms. The van der Waals surface area contributed by atoms with Crippen LogP contribution in [-0.2, 0) is 4.79 Å². The van der Waals surface area contributed by atoms with Gasteiger partial charge in [-0.25, -0.2) is 4.39 Å². The van der Waals surface area contributed by atoms with Gasteiger partial charge in [0.1, 0.15) is 17.9 Å². The van der Waals surface area contributed by atoms with Crippen LogP contribution in [0.5, 0.6) is 5.75 Å². The molecule has 0 atom stereocenters. The van der Waals surface area contributed by atoms with E-state index in [2.05, 4.69) is 4.74 Å². The molecule has 1 aromatic rings. The Balaban J connectivity index is 2.82. The van der Waals surface area contributed by atoms with Gasteiger partial charge in [-0.05, 0) is 12.1 Å². The summed E-state index contributed by atoms with van der Waals surface area (Å²) in [6.07, 6.45) is -1.41. The molecule has 0 fully saturated rings. The van der Waals surface area contributed by atoms with Crippen molar-refractivity contribution in [2.24, 2.45) is 0 Å². The maximum atomic E-state index is 13.3. The molecule has 6 heteroatoms. The quantitative estimate of drug-likeness (QED) is 0.603. The molecular weight excluding hydrogens is 240 g/mol. The second-order valence-electron chi connectivity index (χ2n) is 3.04. The Kier molecular flexibility index (Phi) is 4.25. The first-order chi connectivity index (χ1) is 7.92. The number of benzene rings is 1. The van der Waals surface area contributed by atoms with Gasteiger partial charge in [0.25, 0.3) is 0 Å². The average Bonchev–Trinajstić information content (AvgIpc) is 2.19. The Morgan fingerprint density at radius 2 is 2.00 bits per heavy atom. The molecule has 0 spiro atoms. The topological polar surface area (TPSA) is 26.3 Å². The number of halogens is 4. The Morgan fingerprint density at radius 1 is 1.29 bits per heavy atom. The van der Waals surface area contributed by atoms with Gasteiger partial charge in [-0.15, -0.1) is 13.2 Å². The first kappa shape index (κ1) is 13.2. The van der Waals surface area contributed by atoms with Crippen LogP contribution in [0.4, 0.5) is 17.6 Å². The Bertz CT molecular complexity index is 424. The monoisotopic (exact) mass is 248 g/mol. The van der Waals surface area contributed by atoms with E-state index in [4.69, 9.17) is 0 Å². The fourth-order valence-corrected chi connectivity index (χ4v) is 1.09. The summed E-state index contributed by atoms with van der Waals surface area (Å²) in [5.41, 5.74) is 0.0846. The number of rotatable bonds is 4. The van der Waals surface area contributed by atoms with E-state index in [0.29, 0.717) is 12.4 Å². The molecule has 0 unspecified atom stereocenters. The Hall–Kier alpha value is -1.85. The number of carbonyl (C=O) groups excluding carboxylic acids is 1. The number of aldehydes is 1. The molecule has 0 aromatic heterocycles. The minimum Gasteiger partial charge on any atom is -0.406 e. The highest BCUT2D eigenvalue weighted by Gasteiger charge is 2.31. The summed E-state index contributed by atoms with van der Waals surface area (Å²) < 4.78 is 52.3. The number of carbonyl (C=O) groups is 1. The Labute approximate surface area is 94.5 Å². The molecule has 0 amide bonds. The van der Waals surface area contributed by atoms with E-state index in [1.807, 2.05) is 0 Å². The van der Waals surface area contributed by atoms with Crippen molar-refractivity contribution in [3.8, 4) is 5.75 Å². The number of allylic oxidation sites excluding steroid dienone is 1. The molecule has 1 rings (SSSR count). The first-order valence-electron chi connectivity index (χ1n) is 4.58. The molecule has 17 heavy (non-hydrogen) atoms. The highest BCUT2D eigenvalue weighted by atomic mass is 19.4. The maximum Gasteiger partial charge on any atom is 0.573 e. The first-order valence-corrected chi connectivity index (χ1v) is 4.58. The van der Waals surface area contributed by atoms with Crippen LogP contribution >= 0.6 is 0 Å². The molecule has 0 saturated carbocycles. The van der Waals surface area contributed by atoms with Crippen molar-refractivity contribution in [2.75, 3.05) is 0 Å². The van der Waals surface area contributed by atoms with Gasteiger partial charge in [-0.2, -0.15) is 0 Å². The van der Waals surface area contributed by atoms with Crippen LogP contribution in [0.3, 0.4) is 0 Å². The van der Waals surface area contributed by atoms with Crippen molar-refractivity contribution in [2.45, 2.75) is 12.8 Å². The summed E-state index contributed by atoms with van der Waals surface area (Å²) in [6, 6.07) is 2.77. The molecule has 0 aliphatic carbocycles. The van der Waals surface area contributed by atoms with E-state index in [-0.39, 0.29) is 12.0 Å². The Morgan fingerprint density at radius 3 is 2.53 bits per heavy atom. The third-order valence-electron chi connectivity index (χ3n) is 1.74. The minimum absolute atomic E-state index is 0.0846. The number of hydrogen-bond donors (Lipinski definition) is 0. The van der Waals surface area contributed by atoms with Crippen molar-refractivity contribution in [3.63, 3.8) is 0 Å². The number of alkyl halides is 3. The summed E-state index contributed by atoms with van der Waals surface area (Å²) in [5, 5.41) is 0. The van der Waals surface area contributed by atoms with Crippen LogP contribution in [-0.4, -0.2) is 12.6 Å². The van der Waals surface area contributed by atoms with Crippen LogP contribution in [0.1, 0.15) is 12.0 Å². The zero-order chi connectivity index (χ0) is 12.9. The molecule has 0 heterocycles. The number of hydrogen-bond acceptors (Lipinski definition) is 2. The van der Waals surface area contributed by atoms with Gasteiger partial charge in [-0.3, -0.25) is 0 Å². The van der Waals surface area contributed by atoms with Gasteiger partial charge in [0.15, 0.2) is 0 Å². The predicted molar refractivity (Wildman–Crippen MR) is 52.8 cm³/mol. The average molecular weight is 248 g/mol. The SMILES string of the molecule is O=CCC=Cc1ccc(OC(F)(F)F)cc1F. The minimum atomic E-state index is -4.85. The van der Waals surface area contributed by atoms with Gasteiger partial charge >= 0.3 is 6.36 Å². The van der Waals surface area contributed by atoms with E-state index in [0.717, 1.165) is 12.1 Å². The zero-order valence-corrected chi connectivity index (χ0v) is 8.50. The van der Waals surface area contributed by atoms with Crippen molar-refractivity contribution in [1.82, 2.24) is 0 Å². The molecular formula is C11H8F4O2. The third kappa shape index (κ3) is 4.67. The standard InChI is InChI=1S/C11H8F4O2/c12-10-7-9(17-11(13,14)15)5-4-8(10)3-1-2-6-16/h1,3-7H,2H2. The molecule has 0 radical (unpaired) electrons. The highest BCUT2D eigenvalue weighted by molar-refractivity contribution is 5.58. The van der Waals surface area contributed by atoms with Gasteiger partial charge in [0.05, 0.1) is 0 Å². The van der Waals surface area contributed by atoms with Crippen molar-refractivity contribution in [1.29, 1.82) is 0 Å². The van der Waals surface area contributed by atoms with Gasteiger partial charge in [0, 0.05) is 18.1 Å². The largest absolute Gasteiger partial charge is 0.573 e. The van der Waals surface area contributed by atoms with E-state index in [9.17, 15) is 22.4 Å². The summed E-state index contributed by atoms with van der Waals surface area (Å²) in [6.45, 7) is 0. The lowest BCUT2D eigenvalue weighted by atomic mass is 10.2. The molecule has 92 valence electrons. The van der Waals surface area contributed by atoms with E-state index < -0.39 is 17.9 Å². The van der Waals surface area contributed by atoms with Crippen molar-refractivity contribution >= 4 is 12.4 Å². The molecule has 1 aromatic carbocycles. The van der Waals surface area contributed by atoms with Crippen LogP contribution < -0.4 is 4.74 Å². The molecule has 2 nitrogen and oxygen atoms in total.